The van der Waals surface area contributed by atoms with Crippen LogP contribution in [-0.4, -0.2) is 11.1 Å². The Morgan fingerprint density at radius 2 is 1.88 bits per heavy atom. The molecule has 0 radical (unpaired) electrons. The lowest BCUT2D eigenvalue weighted by Crippen LogP contribution is -2.31. The summed E-state index contributed by atoms with van der Waals surface area (Å²) in [5.74, 6) is -0.748. The number of hydrogen-bond acceptors (Lipinski definition) is 4. The van der Waals surface area contributed by atoms with Gasteiger partial charge in [0.25, 0.3) is 0 Å². The molecule has 1 unspecified atom stereocenters. The van der Waals surface area contributed by atoms with E-state index in [9.17, 15) is 10.1 Å². The van der Waals surface area contributed by atoms with Gasteiger partial charge in [-0.15, -0.1) is 0 Å². The number of aliphatic carboxylic acids is 1. The number of thiophene rings is 1. The van der Waals surface area contributed by atoms with Crippen LogP contribution in [0, 0.1) is 24.2 Å². The Balaban J connectivity index is 0.000000289. The number of hydrogen-bond donors (Lipinski definition) is 2. The van der Waals surface area contributed by atoms with Crippen LogP contribution in [0.2, 0.25) is 0 Å². The lowest BCUT2D eigenvalue weighted by molar-refractivity contribution is -0.137. The van der Waals surface area contributed by atoms with Gasteiger partial charge in [0.15, 0.2) is 0 Å². The second-order valence-corrected chi connectivity index (χ2v) is 7.62. The van der Waals surface area contributed by atoms with Crippen LogP contribution in [0.1, 0.15) is 56.3 Å². The van der Waals surface area contributed by atoms with Gasteiger partial charge in [-0.05, 0) is 54.1 Å². The van der Waals surface area contributed by atoms with E-state index in [0.717, 1.165) is 5.56 Å². The summed E-state index contributed by atoms with van der Waals surface area (Å²) in [4.78, 5) is 10.6. The van der Waals surface area contributed by atoms with Crippen molar-refractivity contribution in [3.8, 4) is 6.07 Å². The number of aryl methyl sites for hydroxylation is 1. The molecule has 5 heteroatoms. The first-order valence-electron chi connectivity index (χ1n) is 8.70. The van der Waals surface area contributed by atoms with Crippen molar-refractivity contribution in [1.82, 2.24) is 0 Å². The Hall–Kier alpha value is -2.16. The molecule has 0 amide bonds. The van der Waals surface area contributed by atoms with Crippen molar-refractivity contribution in [3.05, 3.63) is 57.8 Å². The zero-order valence-corrected chi connectivity index (χ0v) is 16.7. The van der Waals surface area contributed by atoms with Gasteiger partial charge in [-0.1, -0.05) is 43.7 Å². The Morgan fingerprint density at radius 1 is 1.27 bits per heavy atom. The van der Waals surface area contributed by atoms with Crippen LogP contribution in [0.5, 0.6) is 0 Å². The van der Waals surface area contributed by atoms with Crippen molar-refractivity contribution < 1.29 is 9.90 Å². The molecule has 0 aliphatic carbocycles. The summed E-state index contributed by atoms with van der Waals surface area (Å²) in [6.45, 7) is 7.99. The highest BCUT2D eigenvalue weighted by Gasteiger charge is 2.36. The van der Waals surface area contributed by atoms with Crippen molar-refractivity contribution in [1.29, 1.82) is 5.26 Å². The standard InChI is InChI=1S/C12H15NO2S.C9H13N/c1-9(2)12(8-13,5-3-11(14)15)10-4-6-16-7-10;1-7-3-5-9(6-4-7)8(2)10/h4,6-7,9H,3,5H2,1-2H3,(H,14,15);3-6,8H,10H2,1-2H3/t12-;/m0./s1. The average molecular weight is 373 g/mol. The summed E-state index contributed by atoms with van der Waals surface area (Å²) >= 11 is 1.53. The van der Waals surface area contributed by atoms with Gasteiger partial charge in [-0.3, -0.25) is 4.79 Å². The van der Waals surface area contributed by atoms with E-state index in [2.05, 4.69) is 37.3 Å². The third kappa shape index (κ3) is 5.98. The number of nitriles is 1. The van der Waals surface area contributed by atoms with Crippen molar-refractivity contribution in [3.63, 3.8) is 0 Å². The number of nitrogens with two attached hydrogens (primary N) is 1. The van der Waals surface area contributed by atoms with E-state index in [-0.39, 0.29) is 18.4 Å². The molecular weight excluding hydrogens is 344 g/mol. The van der Waals surface area contributed by atoms with E-state index in [0.29, 0.717) is 6.42 Å². The van der Waals surface area contributed by atoms with Crippen LogP contribution in [0.25, 0.3) is 0 Å². The van der Waals surface area contributed by atoms with Crippen molar-refractivity contribution in [2.24, 2.45) is 11.7 Å². The molecule has 3 N–H and O–H groups in total. The molecule has 0 spiro atoms. The topological polar surface area (TPSA) is 87.1 Å². The van der Waals surface area contributed by atoms with Gasteiger partial charge in [0.1, 0.15) is 0 Å². The maximum atomic E-state index is 10.6. The average Bonchev–Trinajstić information content (AvgIpc) is 3.11. The number of carboxylic acid groups (broad SMARTS) is 1. The zero-order chi connectivity index (χ0) is 19.7. The minimum atomic E-state index is -0.851. The zero-order valence-electron chi connectivity index (χ0n) is 15.9. The van der Waals surface area contributed by atoms with Crippen molar-refractivity contribution in [2.75, 3.05) is 0 Å². The van der Waals surface area contributed by atoms with Crippen LogP contribution in [0.4, 0.5) is 0 Å². The Bertz CT molecular complexity index is 715. The highest BCUT2D eigenvalue weighted by atomic mass is 32.1. The maximum Gasteiger partial charge on any atom is 0.303 e. The van der Waals surface area contributed by atoms with Gasteiger partial charge in [0, 0.05) is 12.5 Å². The normalized spacial score (nSPS) is 13.9. The first-order chi connectivity index (χ1) is 12.2. The molecule has 1 aromatic carbocycles. The van der Waals surface area contributed by atoms with Crippen LogP contribution in [-0.2, 0) is 10.2 Å². The SMILES string of the molecule is CC(C)[C@@](C#N)(CCC(=O)O)c1ccsc1.Cc1ccc(C(C)N)cc1. The lowest BCUT2D eigenvalue weighted by Gasteiger charge is -2.29. The fourth-order valence-corrected chi connectivity index (χ4v) is 3.45. The van der Waals surface area contributed by atoms with Crippen LogP contribution in [0.15, 0.2) is 41.1 Å². The minimum Gasteiger partial charge on any atom is -0.481 e. The number of benzene rings is 1. The van der Waals surface area contributed by atoms with Crippen molar-refractivity contribution >= 4 is 17.3 Å². The smallest absolute Gasteiger partial charge is 0.303 e. The van der Waals surface area contributed by atoms with Gasteiger partial charge in [0.05, 0.1) is 11.5 Å². The maximum absolute atomic E-state index is 10.6. The molecule has 0 bridgehead atoms. The number of rotatable bonds is 6. The Kier molecular flexibility index (Phi) is 8.50. The van der Waals surface area contributed by atoms with E-state index < -0.39 is 11.4 Å². The Morgan fingerprint density at radius 3 is 2.27 bits per heavy atom. The fraction of sp³-hybridized carbons (Fsp3) is 0.429. The Labute approximate surface area is 160 Å². The lowest BCUT2D eigenvalue weighted by atomic mass is 9.71. The summed E-state index contributed by atoms with van der Waals surface area (Å²) in [6, 6.07) is 12.7. The monoisotopic (exact) mass is 372 g/mol. The van der Waals surface area contributed by atoms with Gasteiger partial charge in [0.2, 0.25) is 0 Å². The molecule has 0 fully saturated rings. The second kappa shape index (κ2) is 10.1. The molecule has 1 heterocycles. The number of carboxylic acids is 1. The van der Waals surface area contributed by atoms with Gasteiger partial charge < -0.3 is 10.8 Å². The molecule has 26 heavy (non-hydrogen) atoms. The molecule has 0 saturated heterocycles. The third-order valence-electron chi connectivity index (χ3n) is 4.56. The fourth-order valence-electron chi connectivity index (χ4n) is 2.71. The predicted octanol–water partition coefficient (Wildman–Crippen LogP) is 5.05. The van der Waals surface area contributed by atoms with Gasteiger partial charge in [-0.25, -0.2) is 0 Å². The largest absolute Gasteiger partial charge is 0.481 e. The number of carbonyl (C=O) groups is 1. The summed E-state index contributed by atoms with van der Waals surface area (Å²) < 4.78 is 0. The molecular formula is C21H28N2O2S. The summed E-state index contributed by atoms with van der Waals surface area (Å²) in [5, 5.41) is 22.0. The third-order valence-corrected chi connectivity index (χ3v) is 5.24. The summed E-state index contributed by atoms with van der Waals surface area (Å²) in [7, 11) is 0. The van der Waals surface area contributed by atoms with E-state index >= 15 is 0 Å². The molecule has 2 atom stereocenters. The van der Waals surface area contributed by atoms with Gasteiger partial charge in [-0.2, -0.15) is 16.6 Å². The van der Waals surface area contributed by atoms with E-state index in [1.807, 2.05) is 37.6 Å². The molecule has 0 aliphatic rings. The van der Waals surface area contributed by atoms with E-state index in [4.69, 9.17) is 10.8 Å². The highest BCUT2D eigenvalue weighted by molar-refractivity contribution is 7.08. The number of nitrogens with zero attached hydrogens (tertiary/aromatic N) is 1. The van der Waals surface area contributed by atoms with Crippen LogP contribution < -0.4 is 5.73 Å². The predicted molar refractivity (Wildman–Crippen MR) is 107 cm³/mol. The van der Waals surface area contributed by atoms with Gasteiger partial charge >= 0.3 is 5.97 Å². The van der Waals surface area contributed by atoms with E-state index in [1.165, 1.54) is 22.5 Å². The molecule has 140 valence electrons. The molecule has 0 saturated carbocycles. The molecule has 2 rings (SSSR count). The first-order valence-corrected chi connectivity index (χ1v) is 9.65. The van der Waals surface area contributed by atoms with Crippen molar-refractivity contribution in [2.45, 2.75) is 52.0 Å². The quantitative estimate of drug-likeness (QED) is 0.743. The second-order valence-electron chi connectivity index (χ2n) is 6.84. The first kappa shape index (κ1) is 21.9. The van der Waals surface area contributed by atoms with E-state index in [1.54, 1.807) is 0 Å². The summed E-state index contributed by atoms with van der Waals surface area (Å²) in [6.07, 6.45) is 0.398. The molecule has 0 aliphatic heterocycles. The summed E-state index contributed by atoms with van der Waals surface area (Å²) in [5.41, 5.74) is 8.42. The van der Waals surface area contributed by atoms with Crippen LogP contribution in [0.3, 0.4) is 0 Å². The minimum absolute atomic E-state index is 0.0294. The highest BCUT2D eigenvalue weighted by Crippen LogP contribution is 2.37. The molecule has 4 nitrogen and oxygen atoms in total. The molecule has 1 aromatic heterocycles. The van der Waals surface area contributed by atoms with Crippen LogP contribution >= 0.6 is 11.3 Å². The molecule has 2 aromatic rings.